The van der Waals surface area contributed by atoms with Crippen molar-refractivity contribution in [1.29, 1.82) is 0 Å². The molecule has 0 nitrogen and oxygen atoms in total. The monoisotopic (exact) mass is 334 g/mol. The van der Waals surface area contributed by atoms with Crippen molar-refractivity contribution in [1.82, 2.24) is 0 Å². The van der Waals surface area contributed by atoms with Crippen LogP contribution in [0.3, 0.4) is 0 Å². The van der Waals surface area contributed by atoms with Crippen LogP contribution in [-0.4, -0.2) is 39.0 Å². The Morgan fingerprint density at radius 2 is 1.05 bits per heavy atom. The van der Waals surface area contributed by atoms with Gasteiger partial charge in [0.2, 0.25) is 0 Å². The molecule has 0 N–H and O–H groups in total. The zero-order valence-electron chi connectivity index (χ0n) is 12.3. The van der Waals surface area contributed by atoms with Gasteiger partial charge in [-0.3, -0.25) is 0 Å². The van der Waals surface area contributed by atoms with Gasteiger partial charge in [-0.25, -0.2) is 0 Å². The fourth-order valence-electron chi connectivity index (χ4n) is 19.3. The Bertz CT molecular complexity index is 938. The maximum atomic E-state index is 2.62. The van der Waals surface area contributed by atoms with Crippen LogP contribution in [0.15, 0.2) is 0 Å². The van der Waals surface area contributed by atoms with E-state index >= 15 is 0 Å². The summed E-state index contributed by atoms with van der Waals surface area (Å²) < 4.78 is 2.38. The van der Waals surface area contributed by atoms with Crippen LogP contribution < -0.4 is 0 Å². The number of rotatable bonds is 4. The summed E-state index contributed by atoms with van der Waals surface area (Å²) in [6.07, 6.45) is 3.60. The minimum absolute atomic E-state index is 0.379. The Morgan fingerprint density at radius 3 is 1.26 bits per heavy atom. The number of hydrogen-bond acceptors (Lipinski definition) is 0. The molecule has 10 fully saturated rings. The standard InChI is InChI=1S/C11H19P2.C5H5.Fe/c1-12(2)8-10-6-5-7-11(10)9-13(3)4;1-2-4-5-3-1;/h5-7H,8-9H2,1-4H3;1-5H;. The molecule has 10 heterocycles. The van der Waals surface area contributed by atoms with E-state index in [9.17, 15) is 0 Å². The van der Waals surface area contributed by atoms with Gasteiger partial charge < -0.3 is 0 Å². The van der Waals surface area contributed by atoms with Crippen molar-refractivity contribution in [3.8, 4) is 0 Å². The third-order valence-electron chi connectivity index (χ3n) is 16.6. The van der Waals surface area contributed by atoms with E-state index in [0.29, 0.717) is 15.8 Å². The zero-order valence-corrected chi connectivity index (χ0v) is 15.2. The first-order valence-corrected chi connectivity index (χ1v) is 19.3. The second-order valence-electron chi connectivity index (χ2n) is 12.5. The van der Waals surface area contributed by atoms with Gasteiger partial charge in [0, 0.05) is 0 Å². The van der Waals surface area contributed by atoms with E-state index in [1.165, 1.54) is 47.2 Å². The average molecular weight is 334 g/mol. The Kier molecular flexibility index (Phi) is 0.374. The predicted octanol–water partition coefficient (Wildman–Crippen LogP) is 5.60. The van der Waals surface area contributed by atoms with Gasteiger partial charge in [-0.1, -0.05) is 0 Å². The average Bonchev–Trinajstić information content (AvgIpc) is 3.23. The van der Waals surface area contributed by atoms with Crippen LogP contribution in [-0.2, 0) is 6.51 Å². The van der Waals surface area contributed by atoms with Gasteiger partial charge in [-0.15, -0.1) is 0 Å². The Hall–Kier alpha value is 1.38. The van der Waals surface area contributed by atoms with Crippen LogP contribution in [0.4, 0.5) is 0 Å². The molecule has 4 unspecified atom stereocenters. The van der Waals surface area contributed by atoms with E-state index < -0.39 is 6.51 Å². The van der Waals surface area contributed by atoms with Crippen molar-refractivity contribution >= 4 is 15.8 Å². The summed E-state index contributed by atoms with van der Waals surface area (Å²) in [4.78, 5) is 12.3. The van der Waals surface area contributed by atoms with E-state index in [2.05, 4.69) is 26.7 Å². The molecule has 10 aliphatic rings. The molecule has 0 radical (unpaired) electrons. The molecule has 0 aliphatic carbocycles. The van der Waals surface area contributed by atoms with Crippen LogP contribution in [0.25, 0.3) is 0 Å². The molecule has 106 valence electrons. The van der Waals surface area contributed by atoms with Gasteiger partial charge in [-0.2, -0.15) is 0 Å². The molecule has 3 heteroatoms. The third kappa shape index (κ3) is 0.103. The normalized spacial score (nSPS) is 113. The van der Waals surface area contributed by atoms with E-state index in [1.54, 1.807) is 12.3 Å². The van der Waals surface area contributed by atoms with Crippen LogP contribution in [0, 0.1) is 0 Å². The summed E-state index contributed by atoms with van der Waals surface area (Å²) in [5, 5.41) is 0. The van der Waals surface area contributed by atoms with Crippen molar-refractivity contribution < 1.29 is 6.51 Å². The maximum absolute atomic E-state index is 2.88. The first-order valence-electron chi connectivity index (χ1n) is 8.28. The van der Waals surface area contributed by atoms with Gasteiger partial charge in [0.1, 0.15) is 0 Å². The van der Waals surface area contributed by atoms with E-state index in [4.69, 9.17) is 0 Å². The first kappa shape index (κ1) is 8.87. The molecule has 0 aromatic rings. The number of fused-ring (bicyclic) bond motifs is 10. The van der Waals surface area contributed by atoms with Crippen LogP contribution in [0.2, 0.25) is 47.2 Å². The molecule has 0 saturated carbocycles. The summed E-state index contributed by atoms with van der Waals surface area (Å²) in [7, 11) is 0.758. The molecule has 0 aromatic carbocycles. The summed E-state index contributed by atoms with van der Waals surface area (Å²) in [5.41, 5.74) is 0. The van der Waals surface area contributed by atoms with Crippen molar-refractivity contribution in [2.24, 2.45) is 0 Å². The molecule has 19 heavy (non-hydrogen) atoms. The van der Waals surface area contributed by atoms with E-state index in [1.807, 2.05) is 0 Å². The Balaban J connectivity index is 1.50. The fraction of sp³-hybridized carbons (Fsp3) is 1.00. The molecule has 0 aromatic heterocycles. The Labute approximate surface area is 108 Å². The van der Waals surface area contributed by atoms with Crippen LogP contribution >= 0.6 is 15.8 Å². The third-order valence-corrected chi connectivity index (χ3v) is 63.4. The topological polar surface area (TPSA) is 0 Å². The molecule has 10 aliphatic heterocycles. The van der Waals surface area contributed by atoms with Gasteiger partial charge >= 0.3 is 108 Å². The number of hydrogen-bond donors (Lipinski definition) is 0. The Morgan fingerprint density at radius 1 is 0.684 bits per heavy atom. The van der Waals surface area contributed by atoms with E-state index in [-0.39, 0.29) is 0 Å². The summed E-state index contributed by atoms with van der Waals surface area (Å²) in [6, 6.07) is 0. The SMILES string of the molecule is CP(C)C[C]12[CH]3[CH]4[CH]5[C]1(CP(C)C)[Fe]43521678[CH]2[CH]1[CH]6[CH]7[CH]28. The molecule has 0 bridgehead atoms. The van der Waals surface area contributed by atoms with Crippen molar-refractivity contribution in [3.63, 3.8) is 0 Å². The van der Waals surface area contributed by atoms with Crippen molar-refractivity contribution in [2.45, 2.75) is 47.2 Å². The van der Waals surface area contributed by atoms with Gasteiger partial charge in [0.25, 0.3) is 0 Å². The molecule has 10 saturated heterocycles. The first-order chi connectivity index (χ1) is 8.77. The van der Waals surface area contributed by atoms with E-state index in [0.717, 1.165) is 0 Å². The molecule has 1 spiro atoms. The van der Waals surface area contributed by atoms with Crippen molar-refractivity contribution in [2.75, 3.05) is 39.0 Å². The summed E-state index contributed by atoms with van der Waals surface area (Å²) >= 11 is 0. The minimum atomic E-state index is -2.88. The van der Waals surface area contributed by atoms with Gasteiger partial charge in [0.05, 0.1) is 0 Å². The van der Waals surface area contributed by atoms with Gasteiger partial charge in [0.15, 0.2) is 0 Å². The summed E-state index contributed by atoms with van der Waals surface area (Å²) in [5.74, 6) is 0. The molecule has 0 amide bonds. The second kappa shape index (κ2) is 0.801. The van der Waals surface area contributed by atoms with Gasteiger partial charge in [-0.05, 0) is 0 Å². The fourth-order valence-corrected chi connectivity index (χ4v) is 106. The van der Waals surface area contributed by atoms with Crippen LogP contribution in [0.1, 0.15) is 0 Å². The summed E-state index contributed by atoms with van der Waals surface area (Å²) in [6.45, 7) is 7.61. The predicted molar refractivity (Wildman–Crippen MR) is 82.7 cm³/mol. The molecular weight excluding hydrogens is 310 g/mol. The zero-order chi connectivity index (χ0) is 12.5. The molecule has 10 rings (SSSR count). The van der Waals surface area contributed by atoms with Crippen molar-refractivity contribution in [3.05, 3.63) is 0 Å². The quantitative estimate of drug-likeness (QED) is 0.464. The molecular formula is C16H24FeP2. The van der Waals surface area contributed by atoms with Crippen LogP contribution in [0.5, 0.6) is 0 Å². The second-order valence-corrected chi connectivity index (χ2v) is 40.9. The molecule has 4 atom stereocenters.